The lowest BCUT2D eigenvalue weighted by Gasteiger charge is -2.11. The summed E-state index contributed by atoms with van der Waals surface area (Å²) in [5.74, 6) is 0.583. The summed E-state index contributed by atoms with van der Waals surface area (Å²) in [5, 5.41) is 13.8. The maximum Gasteiger partial charge on any atom is 0.338 e. The van der Waals surface area contributed by atoms with Crippen molar-refractivity contribution in [3.63, 3.8) is 0 Å². The summed E-state index contributed by atoms with van der Waals surface area (Å²) in [6.07, 6.45) is 1.98. The molecule has 10 heteroatoms. The number of benzene rings is 1. The average Bonchev–Trinajstić information content (AvgIpc) is 2.94. The molecule has 2 heterocycles. The number of carbonyl (C=O) groups excluding carboxylic acids is 1. The Hall–Kier alpha value is -2.75. The van der Waals surface area contributed by atoms with Gasteiger partial charge in [-0.3, -0.25) is 0 Å². The number of carbonyl (C=O) groups is 1. The molecule has 1 aromatic carbocycles. The molecule has 1 aliphatic heterocycles. The molecule has 0 bridgehead atoms. The largest absolute Gasteiger partial charge is 0.462 e. The number of anilines is 3. The second kappa shape index (κ2) is 7.65. The number of rotatable bonds is 6. The van der Waals surface area contributed by atoms with E-state index in [9.17, 15) is 13.2 Å². The van der Waals surface area contributed by atoms with Crippen LogP contribution in [0, 0.1) is 0 Å². The molecule has 26 heavy (non-hydrogen) atoms. The van der Waals surface area contributed by atoms with Gasteiger partial charge in [0, 0.05) is 11.7 Å². The minimum atomic E-state index is -2.98. The molecule has 138 valence electrons. The van der Waals surface area contributed by atoms with Crippen molar-refractivity contribution in [3.8, 4) is 0 Å². The van der Waals surface area contributed by atoms with Gasteiger partial charge in [0.1, 0.15) is 0 Å². The maximum absolute atomic E-state index is 11.6. The number of sulfone groups is 1. The van der Waals surface area contributed by atoms with Crippen LogP contribution < -0.4 is 10.6 Å². The van der Waals surface area contributed by atoms with Crippen LogP contribution in [0.1, 0.15) is 23.7 Å². The monoisotopic (exact) mass is 377 g/mol. The Labute approximate surface area is 151 Å². The number of nitrogens with zero attached hydrogens (tertiary/aromatic N) is 3. The van der Waals surface area contributed by atoms with E-state index in [1.54, 1.807) is 31.2 Å². The van der Waals surface area contributed by atoms with Crippen molar-refractivity contribution in [2.75, 3.05) is 28.7 Å². The van der Waals surface area contributed by atoms with Gasteiger partial charge in [0.2, 0.25) is 5.95 Å². The predicted molar refractivity (Wildman–Crippen MR) is 96.2 cm³/mol. The molecule has 0 radical (unpaired) electrons. The smallest absolute Gasteiger partial charge is 0.338 e. The number of hydrogen-bond donors (Lipinski definition) is 2. The van der Waals surface area contributed by atoms with E-state index in [0.29, 0.717) is 30.1 Å². The Morgan fingerprint density at radius 1 is 1.31 bits per heavy atom. The van der Waals surface area contributed by atoms with E-state index < -0.39 is 9.84 Å². The van der Waals surface area contributed by atoms with Crippen LogP contribution in [0.25, 0.3) is 0 Å². The zero-order valence-electron chi connectivity index (χ0n) is 14.2. The van der Waals surface area contributed by atoms with Gasteiger partial charge in [-0.25, -0.2) is 13.2 Å². The Morgan fingerprint density at radius 2 is 2.08 bits per heavy atom. The van der Waals surface area contributed by atoms with E-state index in [-0.39, 0.29) is 29.5 Å². The highest BCUT2D eigenvalue weighted by molar-refractivity contribution is 7.91. The fourth-order valence-electron chi connectivity index (χ4n) is 2.57. The Kier molecular flexibility index (Phi) is 5.31. The third kappa shape index (κ3) is 4.66. The first kappa shape index (κ1) is 18.1. The van der Waals surface area contributed by atoms with Crippen LogP contribution in [-0.4, -0.2) is 53.7 Å². The third-order valence-corrected chi connectivity index (χ3v) is 5.56. The molecule has 0 aliphatic carbocycles. The summed E-state index contributed by atoms with van der Waals surface area (Å²) in [6.45, 7) is 2.08. The van der Waals surface area contributed by atoms with Crippen molar-refractivity contribution in [3.05, 3.63) is 36.0 Å². The normalized spacial score (nSPS) is 18.3. The highest BCUT2D eigenvalue weighted by Gasteiger charge is 2.28. The lowest BCUT2D eigenvalue weighted by atomic mass is 10.2. The van der Waals surface area contributed by atoms with Gasteiger partial charge >= 0.3 is 5.97 Å². The van der Waals surface area contributed by atoms with Crippen LogP contribution in [0.15, 0.2) is 30.5 Å². The molecule has 1 unspecified atom stereocenters. The van der Waals surface area contributed by atoms with Crippen LogP contribution in [0.2, 0.25) is 0 Å². The molecule has 1 saturated heterocycles. The van der Waals surface area contributed by atoms with Crippen LogP contribution in [0.3, 0.4) is 0 Å². The van der Waals surface area contributed by atoms with E-state index in [4.69, 9.17) is 4.74 Å². The van der Waals surface area contributed by atoms with Crippen molar-refractivity contribution in [1.82, 2.24) is 15.2 Å². The lowest BCUT2D eigenvalue weighted by Crippen LogP contribution is -2.22. The molecule has 1 aromatic heterocycles. The first-order valence-corrected chi connectivity index (χ1v) is 9.98. The van der Waals surface area contributed by atoms with E-state index in [1.807, 2.05) is 0 Å². The lowest BCUT2D eigenvalue weighted by molar-refractivity contribution is 0.0526. The van der Waals surface area contributed by atoms with E-state index in [0.717, 1.165) is 0 Å². The second-order valence-corrected chi connectivity index (χ2v) is 8.06. The molecule has 1 atom stereocenters. The van der Waals surface area contributed by atoms with Crippen molar-refractivity contribution in [2.24, 2.45) is 0 Å². The molecular formula is C16H19N5O4S. The first-order chi connectivity index (χ1) is 12.4. The van der Waals surface area contributed by atoms with Gasteiger partial charge in [-0.05, 0) is 37.6 Å². The fraction of sp³-hybridized carbons (Fsp3) is 0.375. The fourth-order valence-corrected chi connectivity index (χ4v) is 4.24. The summed E-state index contributed by atoms with van der Waals surface area (Å²) in [4.78, 5) is 15.9. The number of hydrogen-bond acceptors (Lipinski definition) is 9. The first-order valence-electron chi connectivity index (χ1n) is 8.16. The van der Waals surface area contributed by atoms with E-state index in [1.165, 1.54) is 6.20 Å². The topological polar surface area (TPSA) is 123 Å². The predicted octanol–water partition coefficient (Wildman–Crippen LogP) is 1.39. The average molecular weight is 377 g/mol. The van der Waals surface area contributed by atoms with E-state index >= 15 is 0 Å². The van der Waals surface area contributed by atoms with Crippen molar-refractivity contribution >= 4 is 33.3 Å². The number of esters is 1. The summed E-state index contributed by atoms with van der Waals surface area (Å²) >= 11 is 0. The third-order valence-electron chi connectivity index (χ3n) is 3.79. The Balaban J connectivity index is 1.64. The summed E-state index contributed by atoms with van der Waals surface area (Å²) in [5.41, 5.74) is 1.18. The molecule has 0 saturated carbocycles. The van der Waals surface area contributed by atoms with Crippen LogP contribution in [-0.2, 0) is 14.6 Å². The molecule has 0 amide bonds. The minimum absolute atomic E-state index is 0.0728. The van der Waals surface area contributed by atoms with Crippen LogP contribution in [0.4, 0.5) is 17.5 Å². The highest BCUT2D eigenvalue weighted by atomic mass is 32.2. The van der Waals surface area contributed by atoms with Crippen molar-refractivity contribution < 1.29 is 17.9 Å². The zero-order valence-corrected chi connectivity index (χ0v) is 15.0. The number of nitrogens with one attached hydrogen (secondary N) is 2. The van der Waals surface area contributed by atoms with E-state index in [2.05, 4.69) is 25.8 Å². The molecule has 2 aromatic rings. The van der Waals surface area contributed by atoms with Crippen LogP contribution >= 0.6 is 0 Å². The molecule has 3 rings (SSSR count). The van der Waals surface area contributed by atoms with Gasteiger partial charge in [0.25, 0.3) is 0 Å². The van der Waals surface area contributed by atoms with Gasteiger partial charge in [-0.1, -0.05) is 0 Å². The standard InChI is InChI=1S/C16H19N5O4S/c1-2-25-15(22)11-3-5-12(6-4-11)18-14-9-17-21-16(20-14)19-13-7-8-26(23,24)10-13/h3-6,9,13H,2,7-8,10H2,1H3,(H2,18,19,20,21). The van der Waals surface area contributed by atoms with Crippen molar-refractivity contribution in [2.45, 2.75) is 19.4 Å². The van der Waals surface area contributed by atoms with Gasteiger partial charge in [0.05, 0.1) is 29.9 Å². The Bertz CT molecular complexity index is 886. The van der Waals surface area contributed by atoms with Crippen LogP contribution in [0.5, 0.6) is 0 Å². The molecule has 2 N–H and O–H groups in total. The number of ether oxygens (including phenoxy) is 1. The quantitative estimate of drug-likeness (QED) is 0.719. The molecule has 1 aliphatic rings. The molecule has 0 spiro atoms. The van der Waals surface area contributed by atoms with Gasteiger partial charge in [-0.15, -0.1) is 5.10 Å². The minimum Gasteiger partial charge on any atom is -0.462 e. The molecule has 1 fully saturated rings. The van der Waals surface area contributed by atoms with Crippen molar-refractivity contribution in [1.29, 1.82) is 0 Å². The highest BCUT2D eigenvalue weighted by Crippen LogP contribution is 2.18. The summed E-state index contributed by atoms with van der Waals surface area (Å²) in [7, 11) is -2.98. The van der Waals surface area contributed by atoms with Gasteiger partial charge < -0.3 is 15.4 Å². The zero-order chi connectivity index (χ0) is 18.6. The molecular weight excluding hydrogens is 358 g/mol. The SMILES string of the molecule is CCOC(=O)c1ccc(Nc2cnnc(NC3CCS(=O)(=O)C3)n2)cc1. The summed E-state index contributed by atoms with van der Waals surface area (Å²) < 4.78 is 28.0. The number of aromatic nitrogens is 3. The summed E-state index contributed by atoms with van der Waals surface area (Å²) in [6, 6.07) is 6.55. The Morgan fingerprint density at radius 3 is 2.73 bits per heavy atom. The van der Waals surface area contributed by atoms with Gasteiger partial charge in [0.15, 0.2) is 15.7 Å². The second-order valence-electron chi connectivity index (χ2n) is 5.83. The van der Waals surface area contributed by atoms with Gasteiger partial charge in [-0.2, -0.15) is 10.1 Å². The molecule has 9 nitrogen and oxygen atoms in total. The maximum atomic E-state index is 11.6.